The first kappa shape index (κ1) is 15.6. The van der Waals surface area contributed by atoms with Crippen LogP contribution < -0.4 is 10.1 Å². The van der Waals surface area contributed by atoms with E-state index >= 15 is 0 Å². The normalized spacial score (nSPS) is 23.2. The number of halogens is 1. The van der Waals surface area contributed by atoms with Gasteiger partial charge in [0.1, 0.15) is 5.75 Å². The summed E-state index contributed by atoms with van der Waals surface area (Å²) in [6.45, 7) is 0. The first-order valence-corrected chi connectivity index (χ1v) is 8.81. The molecule has 2 unspecified atom stereocenters. The van der Waals surface area contributed by atoms with E-state index in [0.717, 1.165) is 18.4 Å². The third kappa shape index (κ3) is 3.10. The smallest absolute Gasteiger partial charge is 0.155 e. The Kier molecular flexibility index (Phi) is 4.94. The van der Waals surface area contributed by atoms with Crippen LogP contribution in [0.3, 0.4) is 0 Å². The molecule has 112 valence electrons. The fourth-order valence-electron chi connectivity index (χ4n) is 2.80. The first-order chi connectivity index (χ1) is 9.49. The fraction of sp³-hybridized carbons (Fsp3) is 0.571. The number of benzene rings is 1. The summed E-state index contributed by atoms with van der Waals surface area (Å²) in [5, 5.41) is 3.24. The van der Waals surface area contributed by atoms with E-state index in [1.807, 2.05) is 6.07 Å². The van der Waals surface area contributed by atoms with Crippen molar-refractivity contribution in [1.82, 2.24) is 5.32 Å². The lowest BCUT2D eigenvalue weighted by molar-refractivity contribution is 0.414. The second kappa shape index (κ2) is 6.33. The summed E-state index contributed by atoms with van der Waals surface area (Å²) in [7, 11) is 0.294. The average Bonchev–Trinajstić information content (AvgIpc) is 2.41. The van der Waals surface area contributed by atoms with Crippen molar-refractivity contribution < 1.29 is 13.2 Å². The molecule has 0 bridgehead atoms. The fourth-order valence-corrected chi connectivity index (χ4v) is 5.21. The zero-order valence-electron chi connectivity index (χ0n) is 11.7. The lowest BCUT2D eigenvalue weighted by Gasteiger charge is -2.30. The van der Waals surface area contributed by atoms with Crippen molar-refractivity contribution in [1.29, 1.82) is 0 Å². The molecule has 1 saturated heterocycles. The maximum atomic E-state index is 12.3. The Balaban J connectivity index is 2.34. The number of hydrogen-bond acceptors (Lipinski definition) is 4. The van der Waals surface area contributed by atoms with Crippen LogP contribution in [0.15, 0.2) is 18.2 Å². The topological polar surface area (TPSA) is 55.4 Å². The number of ether oxygens (including phenoxy) is 1. The van der Waals surface area contributed by atoms with Gasteiger partial charge in [0.25, 0.3) is 0 Å². The molecule has 6 heteroatoms. The number of hydrogen-bond donors (Lipinski definition) is 1. The van der Waals surface area contributed by atoms with Crippen LogP contribution in [0, 0.1) is 0 Å². The van der Waals surface area contributed by atoms with E-state index < -0.39 is 9.84 Å². The molecule has 0 aliphatic carbocycles. The first-order valence-electron chi connectivity index (χ1n) is 6.72. The van der Waals surface area contributed by atoms with Gasteiger partial charge in [0.15, 0.2) is 9.84 Å². The Morgan fingerprint density at radius 3 is 2.70 bits per heavy atom. The standard InChI is InChI=1S/C14H20ClNO3S/c1-16-14(13-5-3-4-8-20(13,17)18)10-6-7-12(19-2)11(15)9-10/h6-7,9,13-14,16H,3-5,8H2,1-2H3. The molecule has 20 heavy (non-hydrogen) atoms. The van der Waals surface area contributed by atoms with Crippen LogP contribution in [-0.2, 0) is 9.84 Å². The van der Waals surface area contributed by atoms with Gasteiger partial charge in [0.2, 0.25) is 0 Å². The van der Waals surface area contributed by atoms with E-state index in [1.54, 1.807) is 26.3 Å². The summed E-state index contributed by atoms with van der Waals surface area (Å²) in [6.07, 6.45) is 2.40. The number of sulfone groups is 1. The van der Waals surface area contributed by atoms with Gasteiger partial charge in [-0.3, -0.25) is 0 Å². The second-order valence-corrected chi connectivity index (χ2v) is 7.81. The van der Waals surface area contributed by atoms with Crippen LogP contribution >= 0.6 is 11.6 Å². The Labute approximate surface area is 125 Å². The average molecular weight is 318 g/mol. The SMILES string of the molecule is CNC(c1ccc(OC)c(Cl)c1)C1CCCCS1(=O)=O. The zero-order chi connectivity index (χ0) is 14.8. The van der Waals surface area contributed by atoms with E-state index in [9.17, 15) is 8.42 Å². The molecule has 0 saturated carbocycles. The minimum Gasteiger partial charge on any atom is -0.495 e. The van der Waals surface area contributed by atoms with Crippen molar-refractivity contribution in [3.05, 3.63) is 28.8 Å². The highest BCUT2D eigenvalue weighted by molar-refractivity contribution is 7.92. The van der Waals surface area contributed by atoms with Crippen molar-refractivity contribution in [3.8, 4) is 5.75 Å². The lowest BCUT2D eigenvalue weighted by Crippen LogP contribution is -2.39. The Morgan fingerprint density at radius 1 is 1.40 bits per heavy atom. The highest BCUT2D eigenvalue weighted by Crippen LogP contribution is 2.34. The maximum Gasteiger partial charge on any atom is 0.155 e. The summed E-state index contributed by atoms with van der Waals surface area (Å²) < 4.78 is 29.7. The second-order valence-electron chi connectivity index (χ2n) is 5.06. The maximum absolute atomic E-state index is 12.3. The van der Waals surface area contributed by atoms with Crippen molar-refractivity contribution >= 4 is 21.4 Å². The summed E-state index contributed by atoms with van der Waals surface area (Å²) >= 11 is 6.14. The van der Waals surface area contributed by atoms with Crippen molar-refractivity contribution in [2.75, 3.05) is 19.9 Å². The van der Waals surface area contributed by atoms with Gasteiger partial charge >= 0.3 is 0 Å². The molecule has 1 aromatic rings. The third-order valence-corrected chi connectivity index (χ3v) is 6.43. The summed E-state index contributed by atoms with van der Waals surface area (Å²) in [5.74, 6) is 0.872. The molecule has 2 atom stereocenters. The van der Waals surface area contributed by atoms with Gasteiger partial charge < -0.3 is 10.1 Å². The number of nitrogens with one attached hydrogen (secondary N) is 1. The summed E-state index contributed by atoms with van der Waals surface area (Å²) in [6, 6.07) is 5.20. The van der Waals surface area contributed by atoms with Gasteiger partial charge in [-0.15, -0.1) is 0 Å². The van der Waals surface area contributed by atoms with Gasteiger partial charge in [0, 0.05) is 6.04 Å². The molecule has 0 spiro atoms. The van der Waals surface area contributed by atoms with Gasteiger partial charge in [-0.25, -0.2) is 8.42 Å². The van der Waals surface area contributed by atoms with E-state index in [-0.39, 0.29) is 17.0 Å². The lowest BCUT2D eigenvalue weighted by atomic mass is 9.99. The molecule has 1 aliphatic rings. The monoisotopic (exact) mass is 317 g/mol. The van der Waals surface area contributed by atoms with Crippen LogP contribution in [0.2, 0.25) is 5.02 Å². The minimum absolute atomic E-state index is 0.233. The van der Waals surface area contributed by atoms with Gasteiger partial charge in [-0.2, -0.15) is 0 Å². The van der Waals surface area contributed by atoms with Gasteiger partial charge in [-0.1, -0.05) is 24.1 Å². The Morgan fingerprint density at radius 2 is 2.15 bits per heavy atom. The molecular weight excluding hydrogens is 298 g/mol. The van der Waals surface area contributed by atoms with Crippen LogP contribution in [-0.4, -0.2) is 33.6 Å². The molecule has 1 aliphatic heterocycles. The van der Waals surface area contributed by atoms with Crippen molar-refractivity contribution in [3.63, 3.8) is 0 Å². The van der Waals surface area contributed by atoms with Crippen molar-refractivity contribution in [2.24, 2.45) is 0 Å². The van der Waals surface area contributed by atoms with E-state index in [2.05, 4.69) is 5.32 Å². The summed E-state index contributed by atoms with van der Waals surface area (Å²) in [5.41, 5.74) is 0.883. The highest BCUT2D eigenvalue weighted by atomic mass is 35.5. The quantitative estimate of drug-likeness (QED) is 0.927. The largest absolute Gasteiger partial charge is 0.495 e. The van der Waals surface area contributed by atoms with E-state index in [4.69, 9.17) is 16.3 Å². The predicted molar refractivity (Wildman–Crippen MR) is 81.2 cm³/mol. The zero-order valence-corrected chi connectivity index (χ0v) is 13.3. The van der Waals surface area contributed by atoms with E-state index in [1.165, 1.54) is 0 Å². The molecule has 2 rings (SSSR count). The van der Waals surface area contributed by atoms with E-state index in [0.29, 0.717) is 17.2 Å². The predicted octanol–water partition coefficient (Wildman–Crippen LogP) is 2.58. The van der Waals surface area contributed by atoms with Gasteiger partial charge in [-0.05, 0) is 37.6 Å². The Hall–Kier alpha value is -0.780. The number of methoxy groups -OCH3 is 1. The highest BCUT2D eigenvalue weighted by Gasteiger charge is 2.35. The molecular formula is C14H20ClNO3S. The molecule has 1 aromatic carbocycles. The molecule has 0 amide bonds. The van der Waals surface area contributed by atoms with Crippen LogP contribution in [0.4, 0.5) is 0 Å². The number of rotatable bonds is 4. The molecule has 1 N–H and O–H groups in total. The Bertz CT molecular complexity index is 574. The minimum atomic E-state index is -3.05. The van der Waals surface area contributed by atoms with Crippen LogP contribution in [0.5, 0.6) is 5.75 Å². The molecule has 1 fully saturated rings. The molecule has 0 radical (unpaired) electrons. The van der Waals surface area contributed by atoms with Gasteiger partial charge in [0.05, 0.1) is 23.1 Å². The van der Waals surface area contributed by atoms with Crippen molar-refractivity contribution in [2.45, 2.75) is 30.6 Å². The third-order valence-electron chi connectivity index (χ3n) is 3.85. The molecule has 1 heterocycles. The molecule has 0 aromatic heterocycles. The van der Waals surface area contributed by atoms with Crippen LogP contribution in [0.25, 0.3) is 0 Å². The molecule has 4 nitrogen and oxygen atoms in total. The van der Waals surface area contributed by atoms with Crippen LogP contribution in [0.1, 0.15) is 30.9 Å². The summed E-state index contributed by atoms with van der Waals surface area (Å²) in [4.78, 5) is 0.